The zero-order valence-electron chi connectivity index (χ0n) is 34.0. The lowest BCUT2D eigenvalue weighted by molar-refractivity contribution is -0.159. The molecule has 4 atom stereocenters. The Kier molecular flexibility index (Phi) is 11.4. The van der Waals surface area contributed by atoms with E-state index in [2.05, 4.69) is 80.4 Å². The van der Waals surface area contributed by atoms with Crippen molar-refractivity contribution in [1.29, 1.82) is 0 Å². The van der Waals surface area contributed by atoms with Crippen molar-refractivity contribution in [1.82, 2.24) is 34.6 Å². The molecule has 2 amide bonds. The number of likely N-dealkylation sites (tertiary alicyclic amines) is 3. The molecule has 11 nitrogen and oxygen atoms in total. The lowest BCUT2D eigenvalue weighted by Gasteiger charge is -2.37. The molecule has 5 heterocycles. The van der Waals surface area contributed by atoms with Crippen LogP contribution < -0.4 is 0 Å². The van der Waals surface area contributed by atoms with Crippen molar-refractivity contribution in [2.45, 2.75) is 76.1 Å². The summed E-state index contributed by atoms with van der Waals surface area (Å²) in [5, 5.41) is 0. The first kappa shape index (κ1) is 39.1. The highest BCUT2D eigenvalue weighted by Crippen LogP contribution is 2.38. The van der Waals surface area contributed by atoms with Gasteiger partial charge in [-0.3, -0.25) is 19.3 Å². The quantitative estimate of drug-likeness (QED) is 0.125. The Balaban J connectivity index is 0.861. The number of aromatic amines is 2. The number of hydrogen-bond donors (Lipinski definition) is 2. The van der Waals surface area contributed by atoms with Crippen molar-refractivity contribution in [3.8, 4) is 33.6 Å². The normalized spacial score (nSPS) is 19.3. The van der Waals surface area contributed by atoms with E-state index in [1.165, 1.54) is 13.3 Å². The largest absolute Gasteiger partial charge is 0.447 e. The fourth-order valence-corrected chi connectivity index (χ4v) is 9.30. The minimum atomic E-state index is -1.000. The number of carbonyl (C=O) groups is 3. The van der Waals surface area contributed by atoms with Gasteiger partial charge in [-0.15, -0.1) is 0 Å². The van der Waals surface area contributed by atoms with Crippen molar-refractivity contribution in [3.05, 3.63) is 144 Å². The molecule has 9 rings (SSSR count). The number of rotatable bonds is 11. The molecule has 3 fully saturated rings. The van der Waals surface area contributed by atoms with Crippen LogP contribution in [0.4, 0.5) is 0 Å². The molecule has 306 valence electrons. The second-order valence-electron chi connectivity index (χ2n) is 16.2. The lowest BCUT2D eigenvalue weighted by Crippen LogP contribution is -2.44. The molecule has 0 radical (unpaired) electrons. The molecule has 3 saturated heterocycles. The van der Waals surface area contributed by atoms with Gasteiger partial charge in [-0.05, 0) is 79.4 Å². The van der Waals surface area contributed by atoms with Crippen LogP contribution in [0, 0.1) is 0 Å². The number of nitrogens with zero attached hydrogens (tertiary/aromatic N) is 5. The number of imidazole rings is 2. The minimum absolute atomic E-state index is 0.0788. The van der Waals surface area contributed by atoms with Crippen molar-refractivity contribution in [2.75, 3.05) is 26.2 Å². The van der Waals surface area contributed by atoms with Gasteiger partial charge in [0.25, 0.3) is 5.91 Å². The first-order valence-corrected chi connectivity index (χ1v) is 21.3. The number of ether oxygens (including phenoxy) is 1. The molecular weight excluding hydrogens is 751 g/mol. The molecular formula is C49H51N7O4. The molecule has 2 aromatic heterocycles. The average molecular weight is 802 g/mol. The number of hydrogen-bond acceptors (Lipinski definition) is 7. The van der Waals surface area contributed by atoms with E-state index in [1.54, 1.807) is 17.0 Å². The van der Waals surface area contributed by atoms with Gasteiger partial charge in [0.2, 0.25) is 12.0 Å². The maximum absolute atomic E-state index is 14.4. The summed E-state index contributed by atoms with van der Waals surface area (Å²) in [6.07, 6.45) is 9.62. The Hall–Kier alpha value is -6.33. The van der Waals surface area contributed by atoms with Gasteiger partial charge in [-0.2, -0.15) is 0 Å². The number of esters is 1. The summed E-state index contributed by atoms with van der Waals surface area (Å²) in [7, 11) is 0. The van der Waals surface area contributed by atoms with Crippen molar-refractivity contribution in [2.24, 2.45) is 0 Å². The van der Waals surface area contributed by atoms with Crippen LogP contribution in [-0.4, -0.2) is 78.6 Å². The van der Waals surface area contributed by atoms with Crippen LogP contribution in [0.2, 0.25) is 0 Å². The number of carbonyl (C=O) groups excluding carboxylic acids is 3. The number of nitrogens with one attached hydrogen (secondary N) is 2. The van der Waals surface area contributed by atoms with Crippen LogP contribution in [0.1, 0.15) is 98.9 Å². The molecule has 11 heteroatoms. The Morgan fingerprint density at radius 1 is 0.567 bits per heavy atom. The fraction of sp³-hybridized carbons (Fsp3) is 0.327. The van der Waals surface area contributed by atoms with Gasteiger partial charge in [-0.25, -0.2) is 9.97 Å². The molecule has 0 saturated carbocycles. The van der Waals surface area contributed by atoms with Crippen LogP contribution >= 0.6 is 0 Å². The summed E-state index contributed by atoms with van der Waals surface area (Å²) in [5.41, 5.74) is 7.71. The summed E-state index contributed by atoms with van der Waals surface area (Å²) >= 11 is 0. The summed E-state index contributed by atoms with van der Waals surface area (Å²) in [4.78, 5) is 63.0. The number of benzene rings is 4. The van der Waals surface area contributed by atoms with E-state index >= 15 is 0 Å². The molecule has 3 aliphatic heterocycles. The Morgan fingerprint density at radius 3 is 1.53 bits per heavy atom. The van der Waals surface area contributed by atoms with Gasteiger partial charge in [-0.1, -0.05) is 116 Å². The summed E-state index contributed by atoms with van der Waals surface area (Å²) in [6.45, 7) is 4.52. The highest BCUT2D eigenvalue weighted by molar-refractivity contribution is 5.86. The van der Waals surface area contributed by atoms with Crippen LogP contribution in [0.15, 0.2) is 122 Å². The smallest absolute Gasteiger partial charge is 0.303 e. The third-order valence-electron chi connectivity index (χ3n) is 12.3. The lowest BCUT2D eigenvalue weighted by atomic mass is 10.00. The molecule has 60 heavy (non-hydrogen) atoms. The fourth-order valence-electron chi connectivity index (χ4n) is 9.30. The zero-order chi connectivity index (χ0) is 41.0. The van der Waals surface area contributed by atoms with Gasteiger partial charge in [0.15, 0.2) is 0 Å². The Morgan fingerprint density at radius 2 is 1.03 bits per heavy atom. The molecule has 0 unspecified atom stereocenters. The van der Waals surface area contributed by atoms with Crippen molar-refractivity contribution in [3.63, 3.8) is 0 Å². The zero-order valence-corrected chi connectivity index (χ0v) is 34.0. The summed E-state index contributed by atoms with van der Waals surface area (Å²) < 4.78 is 5.53. The molecule has 3 aliphatic rings. The van der Waals surface area contributed by atoms with E-state index in [1.807, 2.05) is 48.8 Å². The van der Waals surface area contributed by atoms with E-state index in [9.17, 15) is 14.4 Å². The van der Waals surface area contributed by atoms with Gasteiger partial charge in [0.1, 0.15) is 17.7 Å². The van der Waals surface area contributed by atoms with E-state index in [0.29, 0.717) is 17.9 Å². The number of piperidine rings is 1. The van der Waals surface area contributed by atoms with Gasteiger partial charge in [0, 0.05) is 25.6 Å². The van der Waals surface area contributed by atoms with Crippen molar-refractivity contribution < 1.29 is 19.1 Å². The average Bonchev–Trinajstić information content (AvgIpc) is 4.14. The van der Waals surface area contributed by atoms with Crippen LogP contribution in [0.5, 0.6) is 0 Å². The van der Waals surface area contributed by atoms with E-state index < -0.39 is 12.1 Å². The van der Waals surface area contributed by atoms with Crippen LogP contribution in [0.3, 0.4) is 0 Å². The Bertz CT molecular complexity index is 2410. The van der Waals surface area contributed by atoms with Gasteiger partial charge < -0.3 is 24.5 Å². The number of amides is 2. The number of aromatic nitrogens is 4. The first-order valence-electron chi connectivity index (χ1n) is 21.3. The summed E-state index contributed by atoms with van der Waals surface area (Å²) in [5.74, 6) is 0.991. The SMILES string of the molecule is CC(=O)O[C@@H](C(=O)N1CCC[C@H]1c1ncc(-c2ccc(-c3ccc(-c4cnc([C@@H]5CCCN5C(=O)[C@@H](c5ccccc5)N5CCCCC5)[nH]4)cc3)cc2)[nH]1)c1ccccc1. The molecule has 2 N–H and O–H groups in total. The second-order valence-corrected chi connectivity index (χ2v) is 16.2. The van der Waals surface area contributed by atoms with E-state index in [-0.39, 0.29) is 29.9 Å². The van der Waals surface area contributed by atoms with Gasteiger partial charge >= 0.3 is 5.97 Å². The minimum Gasteiger partial charge on any atom is -0.447 e. The highest BCUT2D eigenvalue weighted by atomic mass is 16.5. The molecule has 0 bridgehead atoms. The van der Waals surface area contributed by atoms with Crippen molar-refractivity contribution >= 4 is 17.8 Å². The predicted molar refractivity (Wildman–Crippen MR) is 230 cm³/mol. The van der Waals surface area contributed by atoms with E-state index in [4.69, 9.17) is 14.7 Å². The molecule has 6 aromatic rings. The molecule has 0 aliphatic carbocycles. The Labute approximate surface area is 350 Å². The van der Waals surface area contributed by atoms with Gasteiger partial charge in [0.05, 0.1) is 35.9 Å². The standard InChI is InChI=1S/C49H51N7O4/c1-33(57)60-45(39-15-7-3-8-16-39)49(59)56-30-12-18-43(56)47-51-32-41(53-47)37-25-21-35(22-26-37)34-19-23-36(24-20-34)40-31-50-46(52-40)42-17-11-29-55(42)48(58)44(38-13-5-2-6-14-38)54-27-9-4-10-28-54/h2-3,5-8,13-16,19-26,31-32,42-45H,4,9-12,17-18,27-30H2,1H3,(H,50,52)(H,51,53)/t42-,43-,44+,45+/m0/s1. The monoisotopic (exact) mass is 801 g/mol. The van der Waals surface area contributed by atoms with E-state index in [0.717, 1.165) is 103 Å². The maximum Gasteiger partial charge on any atom is 0.303 e. The predicted octanol–water partition coefficient (Wildman–Crippen LogP) is 8.99. The first-order chi connectivity index (χ1) is 29.4. The third kappa shape index (κ3) is 8.14. The summed E-state index contributed by atoms with van der Waals surface area (Å²) in [6, 6.07) is 35.7. The van der Waals surface area contributed by atoms with Crippen LogP contribution in [0.25, 0.3) is 33.6 Å². The maximum atomic E-state index is 14.4. The topological polar surface area (TPSA) is 128 Å². The third-order valence-corrected chi connectivity index (χ3v) is 12.3. The molecule has 0 spiro atoms. The molecule has 4 aromatic carbocycles. The van der Waals surface area contributed by atoms with Crippen LogP contribution in [-0.2, 0) is 19.1 Å². The number of H-pyrrole nitrogens is 2. The highest BCUT2D eigenvalue weighted by Gasteiger charge is 2.40. The second kappa shape index (κ2) is 17.5.